The van der Waals surface area contributed by atoms with Crippen LogP contribution in [0.2, 0.25) is 0 Å². The van der Waals surface area contributed by atoms with Gasteiger partial charge in [0.05, 0.1) is 37.6 Å². The molecular weight excluding hydrogens is 420 g/mol. The molecule has 164 valence electrons. The van der Waals surface area contributed by atoms with E-state index < -0.39 is 11.9 Å². The van der Waals surface area contributed by atoms with Gasteiger partial charge < -0.3 is 23.5 Å². The third-order valence-electron chi connectivity index (χ3n) is 4.39. The first-order valence-corrected chi connectivity index (χ1v) is 10.5. The topological polar surface area (TPSA) is 88.4 Å². The monoisotopic (exact) mass is 444 g/mol. The molecule has 0 aliphatic rings. The maximum Gasteiger partial charge on any atom is 0.326 e. The van der Waals surface area contributed by atoms with Gasteiger partial charge in [-0.05, 0) is 50.2 Å². The standard InChI is InChI=1S/C22H24N2O6S/c1-5-29-15-8-9-16-19(12-15)31-22(24(16)13-20(25)30-6-2)23-21(26)14-7-10-17(27-3)18(11-14)28-4/h7-12H,5-6,13H2,1-4H3. The molecule has 0 spiro atoms. The number of benzene rings is 2. The Morgan fingerprint density at radius 2 is 1.77 bits per heavy atom. The lowest BCUT2D eigenvalue weighted by atomic mass is 10.2. The van der Waals surface area contributed by atoms with Crippen molar-refractivity contribution in [3.63, 3.8) is 0 Å². The fourth-order valence-electron chi connectivity index (χ4n) is 3.00. The average molecular weight is 445 g/mol. The summed E-state index contributed by atoms with van der Waals surface area (Å²) in [6, 6.07) is 10.4. The van der Waals surface area contributed by atoms with Crippen molar-refractivity contribution in [1.82, 2.24) is 4.57 Å². The van der Waals surface area contributed by atoms with E-state index in [0.29, 0.717) is 34.2 Å². The van der Waals surface area contributed by atoms with Crippen LogP contribution in [0.1, 0.15) is 24.2 Å². The van der Waals surface area contributed by atoms with Gasteiger partial charge in [-0.15, -0.1) is 0 Å². The second-order valence-corrected chi connectivity index (χ2v) is 7.33. The summed E-state index contributed by atoms with van der Waals surface area (Å²) in [6.07, 6.45) is 0. The number of aromatic nitrogens is 1. The largest absolute Gasteiger partial charge is 0.494 e. The Morgan fingerprint density at radius 3 is 2.45 bits per heavy atom. The minimum Gasteiger partial charge on any atom is -0.494 e. The molecule has 0 N–H and O–H groups in total. The number of fused-ring (bicyclic) bond motifs is 1. The van der Waals surface area contributed by atoms with Crippen molar-refractivity contribution in [2.75, 3.05) is 27.4 Å². The number of methoxy groups -OCH3 is 2. The van der Waals surface area contributed by atoms with Crippen LogP contribution in [0.5, 0.6) is 17.2 Å². The highest BCUT2D eigenvalue weighted by molar-refractivity contribution is 7.16. The van der Waals surface area contributed by atoms with Crippen LogP contribution in [-0.2, 0) is 16.1 Å². The summed E-state index contributed by atoms with van der Waals surface area (Å²) in [5, 5.41) is 0. The molecule has 2 aromatic carbocycles. The van der Waals surface area contributed by atoms with Crippen molar-refractivity contribution in [2.24, 2.45) is 4.99 Å². The van der Waals surface area contributed by atoms with E-state index in [-0.39, 0.29) is 13.2 Å². The van der Waals surface area contributed by atoms with Crippen LogP contribution in [0.15, 0.2) is 41.4 Å². The van der Waals surface area contributed by atoms with Crippen LogP contribution in [0, 0.1) is 0 Å². The number of carbonyl (C=O) groups is 2. The number of amides is 1. The number of carbonyl (C=O) groups excluding carboxylic acids is 2. The molecule has 0 bridgehead atoms. The molecule has 1 heterocycles. The zero-order valence-electron chi connectivity index (χ0n) is 17.8. The van der Waals surface area contributed by atoms with Crippen LogP contribution in [-0.4, -0.2) is 43.9 Å². The molecule has 1 aromatic heterocycles. The highest BCUT2D eigenvalue weighted by Gasteiger charge is 2.15. The van der Waals surface area contributed by atoms with Crippen LogP contribution in [0.4, 0.5) is 0 Å². The van der Waals surface area contributed by atoms with E-state index in [9.17, 15) is 9.59 Å². The molecule has 0 aliphatic heterocycles. The summed E-state index contributed by atoms with van der Waals surface area (Å²) >= 11 is 1.30. The van der Waals surface area contributed by atoms with Gasteiger partial charge in [0, 0.05) is 5.56 Å². The highest BCUT2D eigenvalue weighted by atomic mass is 32.1. The van der Waals surface area contributed by atoms with Gasteiger partial charge in [0.15, 0.2) is 16.3 Å². The zero-order chi connectivity index (χ0) is 22.4. The normalized spacial score (nSPS) is 11.4. The highest BCUT2D eigenvalue weighted by Crippen LogP contribution is 2.28. The van der Waals surface area contributed by atoms with E-state index in [1.807, 2.05) is 25.1 Å². The van der Waals surface area contributed by atoms with Gasteiger partial charge in [0.1, 0.15) is 12.3 Å². The number of ether oxygens (including phenoxy) is 4. The lowest BCUT2D eigenvalue weighted by Crippen LogP contribution is -2.23. The zero-order valence-corrected chi connectivity index (χ0v) is 18.7. The maximum atomic E-state index is 12.9. The fourth-order valence-corrected chi connectivity index (χ4v) is 4.06. The summed E-state index contributed by atoms with van der Waals surface area (Å²) in [4.78, 5) is 29.7. The summed E-state index contributed by atoms with van der Waals surface area (Å²) in [5.74, 6) is 0.783. The maximum absolute atomic E-state index is 12.9. The van der Waals surface area contributed by atoms with E-state index in [1.54, 1.807) is 29.7 Å². The molecule has 0 unspecified atom stereocenters. The average Bonchev–Trinajstić information content (AvgIpc) is 3.09. The molecule has 0 radical (unpaired) electrons. The molecule has 0 aliphatic carbocycles. The lowest BCUT2D eigenvalue weighted by molar-refractivity contribution is -0.143. The fraction of sp³-hybridized carbons (Fsp3) is 0.318. The summed E-state index contributed by atoms with van der Waals surface area (Å²) < 4.78 is 23.6. The number of hydrogen-bond donors (Lipinski definition) is 0. The van der Waals surface area contributed by atoms with Gasteiger partial charge in [-0.2, -0.15) is 4.99 Å². The smallest absolute Gasteiger partial charge is 0.326 e. The summed E-state index contributed by atoms with van der Waals surface area (Å²) in [5.41, 5.74) is 1.10. The van der Waals surface area contributed by atoms with Gasteiger partial charge >= 0.3 is 5.97 Å². The molecule has 9 heteroatoms. The molecule has 3 rings (SSSR count). The van der Waals surface area contributed by atoms with Crippen LogP contribution in [0.25, 0.3) is 10.2 Å². The molecule has 1 amide bonds. The summed E-state index contributed by atoms with van der Waals surface area (Å²) in [6.45, 7) is 4.40. The molecule has 0 saturated heterocycles. The second kappa shape index (κ2) is 10.1. The third kappa shape index (κ3) is 5.05. The molecule has 3 aromatic rings. The van der Waals surface area contributed by atoms with Crippen molar-refractivity contribution < 1.29 is 28.5 Å². The summed E-state index contributed by atoms with van der Waals surface area (Å²) in [7, 11) is 3.02. The lowest BCUT2D eigenvalue weighted by Gasteiger charge is -2.08. The Kier molecular flexibility index (Phi) is 7.30. The molecule has 0 saturated carbocycles. The van der Waals surface area contributed by atoms with Crippen LogP contribution >= 0.6 is 11.3 Å². The molecule has 0 atom stereocenters. The molecule has 8 nitrogen and oxygen atoms in total. The van der Waals surface area contributed by atoms with E-state index >= 15 is 0 Å². The Hall–Kier alpha value is -3.33. The van der Waals surface area contributed by atoms with Crippen LogP contribution < -0.4 is 19.0 Å². The second-order valence-electron chi connectivity index (χ2n) is 6.33. The minimum atomic E-state index is -0.463. The first-order valence-electron chi connectivity index (χ1n) is 9.73. The number of thiazole rings is 1. The predicted octanol–water partition coefficient (Wildman–Crippen LogP) is 3.42. The van der Waals surface area contributed by atoms with E-state index in [0.717, 1.165) is 10.2 Å². The number of nitrogens with zero attached hydrogens (tertiary/aromatic N) is 2. The van der Waals surface area contributed by atoms with Gasteiger partial charge in [0.2, 0.25) is 0 Å². The van der Waals surface area contributed by atoms with Crippen molar-refractivity contribution in [3.05, 3.63) is 46.8 Å². The first-order chi connectivity index (χ1) is 15.0. The Labute approximate surface area is 183 Å². The van der Waals surface area contributed by atoms with Gasteiger partial charge in [0.25, 0.3) is 5.91 Å². The molecular formula is C22H24N2O6S. The van der Waals surface area contributed by atoms with E-state index in [1.165, 1.54) is 25.6 Å². The van der Waals surface area contributed by atoms with Crippen molar-refractivity contribution in [2.45, 2.75) is 20.4 Å². The Bertz CT molecular complexity index is 1160. The predicted molar refractivity (Wildman–Crippen MR) is 117 cm³/mol. The number of hydrogen-bond acceptors (Lipinski definition) is 7. The van der Waals surface area contributed by atoms with Crippen molar-refractivity contribution >= 4 is 33.4 Å². The van der Waals surface area contributed by atoms with E-state index in [2.05, 4.69) is 4.99 Å². The Morgan fingerprint density at radius 1 is 1.00 bits per heavy atom. The van der Waals surface area contributed by atoms with E-state index in [4.69, 9.17) is 18.9 Å². The van der Waals surface area contributed by atoms with Gasteiger partial charge in [-0.25, -0.2) is 0 Å². The van der Waals surface area contributed by atoms with Gasteiger partial charge in [-0.1, -0.05) is 11.3 Å². The Balaban J connectivity index is 2.09. The number of esters is 1. The van der Waals surface area contributed by atoms with Crippen molar-refractivity contribution in [1.29, 1.82) is 0 Å². The van der Waals surface area contributed by atoms with Crippen molar-refractivity contribution in [3.8, 4) is 17.2 Å². The number of rotatable bonds is 8. The third-order valence-corrected chi connectivity index (χ3v) is 5.43. The van der Waals surface area contributed by atoms with Gasteiger partial charge in [-0.3, -0.25) is 9.59 Å². The quantitative estimate of drug-likeness (QED) is 0.495. The first kappa shape index (κ1) is 22.4. The minimum absolute atomic E-state index is 0.0557. The molecule has 0 fully saturated rings. The molecule has 31 heavy (non-hydrogen) atoms. The van der Waals surface area contributed by atoms with Crippen LogP contribution in [0.3, 0.4) is 0 Å². The SMILES string of the molecule is CCOC(=O)Cn1c(=NC(=O)c2ccc(OC)c(OC)c2)sc2cc(OCC)ccc21.